The largest absolute Gasteiger partial charge is 0.462 e. The highest BCUT2D eigenvalue weighted by molar-refractivity contribution is 7.98. The number of H-pyrrole nitrogens is 1. The summed E-state index contributed by atoms with van der Waals surface area (Å²) in [5.74, 6) is -0.269. The van der Waals surface area contributed by atoms with Crippen LogP contribution in [0.4, 0.5) is 0 Å². The van der Waals surface area contributed by atoms with Crippen LogP contribution in [0.3, 0.4) is 0 Å². The van der Waals surface area contributed by atoms with E-state index in [0.717, 1.165) is 5.03 Å². The third-order valence-electron chi connectivity index (χ3n) is 1.39. The zero-order valence-corrected chi connectivity index (χ0v) is 7.90. The maximum Gasteiger partial charge on any atom is 0.339 e. The van der Waals surface area contributed by atoms with Gasteiger partial charge in [-0.2, -0.15) is 0 Å². The minimum absolute atomic E-state index is 0.269. The second kappa shape index (κ2) is 4.21. The fraction of sp³-hybridized carbons (Fsp3) is 0.375. The summed E-state index contributed by atoms with van der Waals surface area (Å²) in [6.45, 7) is 2.21. The molecule has 0 aliphatic heterocycles. The number of aromatic nitrogens is 1. The lowest BCUT2D eigenvalue weighted by Gasteiger charge is -1.96. The second-order valence-electron chi connectivity index (χ2n) is 2.18. The molecular formula is C8H11NO2S. The van der Waals surface area contributed by atoms with Crippen LogP contribution in [-0.4, -0.2) is 23.8 Å². The highest BCUT2D eigenvalue weighted by atomic mass is 32.2. The average Bonchev–Trinajstić information content (AvgIpc) is 2.52. The SMILES string of the molecule is CCOC(=O)c1c[nH]c(SC)c1. The van der Waals surface area contributed by atoms with Crippen LogP contribution in [-0.2, 0) is 4.74 Å². The molecule has 0 aromatic carbocycles. The maximum atomic E-state index is 11.1. The molecule has 1 heterocycles. The van der Waals surface area contributed by atoms with Gasteiger partial charge in [0.1, 0.15) is 0 Å². The highest BCUT2D eigenvalue weighted by Crippen LogP contribution is 2.14. The Kier molecular flexibility index (Phi) is 3.22. The predicted octanol–water partition coefficient (Wildman–Crippen LogP) is 1.91. The Balaban J connectivity index is 2.68. The summed E-state index contributed by atoms with van der Waals surface area (Å²) >= 11 is 1.56. The van der Waals surface area contributed by atoms with E-state index in [1.54, 1.807) is 30.9 Å². The first-order valence-corrected chi connectivity index (χ1v) is 4.90. The number of carbonyl (C=O) groups is 1. The molecule has 0 saturated carbocycles. The number of nitrogens with one attached hydrogen (secondary N) is 1. The molecule has 4 heteroatoms. The molecule has 0 saturated heterocycles. The Morgan fingerprint density at radius 1 is 1.75 bits per heavy atom. The number of esters is 1. The molecule has 0 spiro atoms. The smallest absolute Gasteiger partial charge is 0.339 e. The summed E-state index contributed by atoms with van der Waals surface area (Å²) in [5, 5.41) is 0.970. The number of carbonyl (C=O) groups excluding carboxylic acids is 1. The van der Waals surface area contributed by atoms with E-state index in [0.29, 0.717) is 12.2 Å². The van der Waals surface area contributed by atoms with Crippen LogP contribution in [0.15, 0.2) is 17.3 Å². The molecule has 12 heavy (non-hydrogen) atoms. The molecule has 0 aliphatic carbocycles. The summed E-state index contributed by atoms with van der Waals surface area (Å²) in [6, 6.07) is 1.78. The van der Waals surface area contributed by atoms with Gasteiger partial charge in [-0.05, 0) is 19.2 Å². The van der Waals surface area contributed by atoms with E-state index >= 15 is 0 Å². The molecule has 1 N–H and O–H groups in total. The molecule has 1 aromatic heterocycles. The normalized spacial score (nSPS) is 9.83. The van der Waals surface area contributed by atoms with Gasteiger partial charge in [0.05, 0.1) is 17.2 Å². The number of aromatic amines is 1. The van der Waals surface area contributed by atoms with Gasteiger partial charge in [-0.3, -0.25) is 0 Å². The van der Waals surface area contributed by atoms with Crippen molar-refractivity contribution in [3.8, 4) is 0 Å². The van der Waals surface area contributed by atoms with Crippen LogP contribution in [0.2, 0.25) is 0 Å². The monoisotopic (exact) mass is 185 g/mol. The zero-order chi connectivity index (χ0) is 8.97. The van der Waals surface area contributed by atoms with E-state index in [1.807, 2.05) is 6.26 Å². The molecular weight excluding hydrogens is 174 g/mol. The molecule has 0 bridgehead atoms. The van der Waals surface area contributed by atoms with Crippen molar-refractivity contribution in [1.82, 2.24) is 4.98 Å². The van der Waals surface area contributed by atoms with E-state index in [2.05, 4.69) is 4.98 Å². The number of ether oxygens (including phenoxy) is 1. The molecule has 0 radical (unpaired) electrons. The van der Waals surface area contributed by atoms with Gasteiger partial charge < -0.3 is 9.72 Å². The first-order chi connectivity index (χ1) is 5.77. The first kappa shape index (κ1) is 9.19. The standard InChI is InChI=1S/C8H11NO2S/c1-3-11-8(10)6-4-7(12-2)9-5-6/h4-5,9H,3H2,1-2H3. The van der Waals surface area contributed by atoms with Gasteiger partial charge >= 0.3 is 5.97 Å². The Labute approximate surface area is 75.5 Å². The van der Waals surface area contributed by atoms with Gasteiger partial charge in [-0.25, -0.2) is 4.79 Å². The molecule has 0 unspecified atom stereocenters. The van der Waals surface area contributed by atoms with E-state index < -0.39 is 0 Å². The molecule has 0 amide bonds. The average molecular weight is 185 g/mol. The first-order valence-electron chi connectivity index (χ1n) is 3.67. The predicted molar refractivity (Wildman–Crippen MR) is 48.5 cm³/mol. The Bertz CT molecular complexity index is 270. The highest BCUT2D eigenvalue weighted by Gasteiger charge is 2.07. The van der Waals surface area contributed by atoms with E-state index in [9.17, 15) is 4.79 Å². The van der Waals surface area contributed by atoms with Crippen molar-refractivity contribution >= 4 is 17.7 Å². The third kappa shape index (κ3) is 2.04. The fourth-order valence-electron chi connectivity index (χ4n) is 0.824. The lowest BCUT2D eigenvalue weighted by molar-refractivity contribution is 0.0526. The molecule has 3 nitrogen and oxygen atoms in total. The van der Waals surface area contributed by atoms with Crippen LogP contribution in [0.1, 0.15) is 17.3 Å². The van der Waals surface area contributed by atoms with E-state index in [1.165, 1.54) is 0 Å². The Hall–Kier alpha value is -0.900. The summed E-state index contributed by atoms with van der Waals surface area (Å²) < 4.78 is 4.82. The van der Waals surface area contributed by atoms with E-state index in [4.69, 9.17) is 4.74 Å². The minimum atomic E-state index is -0.269. The second-order valence-corrected chi connectivity index (χ2v) is 3.03. The number of thioether (sulfide) groups is 1. The van der Waals surface area contributed by atoms with Gasteiger partial charge in [-0.15, -0.1) is 11.8 Å². The van der Waals surface area contributed by atoms with Crippen molar-refractivity contribution in [2.45, 2.75) is 11.9 Å². The molecule has 1 rings (SSSR count). The molecule has 1 aromatic rings. The molecule has 0 fully saturated rings. The number of rotatable bonds is 3. The van der Waals surface area contributed by atoms with Crippen molar-refractivity contribution in [3.05, 3.63) is 17.8 Å². The quantitative estimate of drug-likeness (QED) is 0.577. The van der Waals surface area contributed by atoms with Gasteiger partial charge in [0, 0.05) is 6.20 Å². The van der Waals surface area contributed by atoms with Gasteiger partial charge in [0.25, 0.3) is 0 Å². The van der Waals surface area contributed by atoms with Gasteiger partial charge in [0.15, 0.2) is 0 Å². The van der Waals surface area contributed by atoms with Crippen LogP contribution in [0.25, 0.3) is 0 Å². The maximum absolute atomic E-state index is 11.1. The topological polar surface area (TPSA) is 42.1 Å². The van der Waals surface area contributed by atoms with Crippen LogP contribution in [0.5, 0.6) is 0 Å². The van der Waals surface area contributed by atoms with E-state index in [-0.39, 0.29) is 5.97 Å². The summed E-state index contributed by atoms with van der Waals surface area (Å²) in [7, 11) is 0. The third-order valence-corrected chi connectivity index (χ3v) is 2.06. The van der Waals surface area contributed by atoms with Crippen molar-refractivity contribution in [2.75, 3.05) is 12.9 Å². The minimum Gasteiger partial charge on any atom is -0.462 e. The Morgan fingerprint density at radius 3 is 3.00 bits per heavy atom. The summed E-state index contributed by atoms with van der Waals surface area (Å²) in [6.07, 6.45) is 3.60. The van der Waals surface area contributed by atoms with Crippen LogP contribution >= 0.6 is 11.8 Å². The van der Waals surface area contributed by atoms with Crippen LogP contribution < -0.4 is 0 Å². The van der Waals surface area contributed by atoms with Crippen molar-refractivity contribution < 1.29 is 9.53 Å². The van der Waals surface area contributed by atoms with Gasteiger partial charge in [-0.1, -0.05) is 0 Å². The molecule has 66 valence electrons. The fourth-order valence-corrected chi connectivity index (χ4v) is 1.25. The van der Waals surface area contributed by atoms with Crippen molar-refractivity contribution in [1.29, 1.82) is 0 Å². The van der Waals surface area contributed by atoms with Gasteiger partial charge in [0.2, 0.25) is 0 Å². The van der Waals surface area contributed by atoms with Crippen molar-refractivity contribution in [2.24, 2.45) is 0 Å². The zero-order valence-electron chi connectivity index (χ0n) is 7.09. The number of hydrogen-bond acceptors (Lipinski definition) is 3. The number of hydrogen-bond donors (Lipinski definition) is 1. The molecule has 0 aliphatic rings. The summed E-state index contributed by atoms with van der Waals surface area (Å²) in [5.41, 5.74) is 0.584. The summed E-state index contributed by atoms with van der Waals surface area (Å²) in [4.78, 5) is 14.1. The van der Waals surface area contributed by atoms with Crippen molar-refractivity contribution in [3.63, 3.8) is 0 Å². The van der Waals surface area contributed by atoms with Crippen LogP contribution in [0, 0.1) is 0 Å². The lowest BCUT2D eigenvalue weighted by atomic mass is 10.3. The lowest BCUT2D eigenvalue weighted by Crippen LogP contribution is -2.02. The molecule has 0 atom stereocenters. The Morgan fingerprint density at radius 2 is 2.50 bits per heavy atom.